The van der Waals surface area contributed by atoms with Crippen LogP contribution in [0.4, 0.5) is 13.2 Å². The zero-order valence-corrected chi connectivity index (χ0v) is 12.6. The molecule has 2 aromatic rings. The molecule has 0 unspecified atom stereocenters. The van der Waals surface area contributed by atoms with Crippen LogP contribution in [-0.2, 0) is 6.18 Å². The third-order valence-electron chi connectivity index (χ3n) is 2.55. The van der Waals surface area contributed by atoms with Crippen molar-refractivity contribution in [1.82, 2.24) is 9.55 Å². The summed E-state index contributed by atoms with van der Waals surface area (Å²) in [5, 5.41) is 9.59. The highest BCUT2D eigenvalue weighted by atomic mass is 79.9. The Labute approximate surface area is 137 Å². The fourth-order valence-electron chi connectivity index (χ4n) is 1.62. The van der Waals surface area contributed by atoms with Crippen molar-refractivity contribution < 1.29 is 18.3 Å². The Morgan fingerprint density at radius 1 is 1.27 bits per heavy atom. The zero-order chi connectivity index (χ0) is 17.1. The van der Waals surface area contributed by atoms with Gasteiger partial charge in [0.1, 0.15) is 11.6 Å². The van der Waals surface area contributed by atoms with Gasteiger partial charge < -0.3 is 15.3 Å². The van der Waals surface area contributed by atoms with Crippen LogP contribution in [0, 0.1) is 0 Å². The molecule has 0 aliphatic carbocycles. The summed E-state index contributed by atoms with van der Waals surface area (Å²) in [4.78, 5) is 3.50. The van der Waals surface area contributed by atoms with Crippen molar-refractivity contribution in [2.75, 3.05) is 0 Å². The third-order valence-corrected chi connectivity index (χ3v) is 3.22. The molecule has 0 aliphatic heterocycles. The number of phenolic OH excluding ortho intramolecular Hbond substituents is 1. The molecular weight excluding hydrogens is 359 g/mol. The molecule has 0 bridgehead atoms. The van der Waals surface area contributed by atoms with E-state index in [1.165, 1.54) is 18.2 Å². The number of imidazole rings is 1. The number of benzene rings is 1. The molecule has 1 aromatic carbocycles. The van der Waals surface area contributed by atoms with E-state index < -0.39 is 17.7 Å². The van der Waals surface area contributed by atoms with Gasteiger partial charge in [0.15, 0.2) is 13.7 Å². The summed E-state index contributed by atoms with van der Waals surface area (Å²) >= 11 is 3.08. The first-order chi connectivity index (χ1) is 10.2. The van der Waals surface area contributed by atoms with Crippen molar-refractivity contribution in [2.45, 2.75) is 12.0 Å². The number of nitrogens with two attached hydrogens (primary N) is 1. The highest BCUT2D eigenvalue weighted by Crippen LogP contribution is 2.34. The number of alkyl halides is 3. The molecule has 0 aliphatic rings. The summed E-state index contributed by atoms with van der Waals surface area (Å²) in [5.74, 6) is -1.38. The average molecular weight is 368 g/mol. The maximum absolute atomic E-state index is 12.7. The average Bonchev–Trinajstić information content (AvgIpc) is 2.89. The van der Waals surface area contributed by atoms with Gasteiger partial charge in [0.05, 0.1) is 20.2 Å². The van der Waals surface area contributed by atoms with E-state index in [2.05, 4.69) is 34.5 Å². The summed E-state index contributed by atoms with van der Waals surface area (Å²) in [6, 6.07) is 4.25. The molecule has 1 heterocycles. The molecule has 0 spiro atoms. The Hall–Kier alpha value is -1.35. The number of hydrogen-bond donors (Lipinski definition) is 2. The van der Waals surface area contributed by atoms with Gasteiger partial charge in [-0.15, -0.1) is 0 Å². The summed E-state index contributed by atoms with van der Waals surface area (Å²) < 4.78 is 39.5. The van der Waals surface area contributed by atoms with Gasteiger partial charge in [-0.1, -0.05) is 0 Å². The maximum Gasteiger partial charge on any atom is 0.434 e. The van der Waals surface area contributed by atoms with Gasteiger partial charge in [-0.3, -0.25) is 0 Å². The van der Waals surface area contributed by atoms with Crippen LogP contribution in [0.2, 0.25) is 0 Å². The topological polar surface area (TPSA) is 64.1 Å². The van der Waals surface area contributed by atoms with Crippen LogP contribution in [-0.4, -0.2) is 38.3 Å². The minimum Gasteiger partial charge on any atom is -0.507 e. The summed E-state index contributed by atoms with van der Waals surface area (Å²) in [5.41, 5.74) is 3.16. The Morgan fingerprint density at radius 3 is 2.32 bits per heavy atom. The van der Waals surface area contributed by atoms with Crippen molar-refractivity contribution in [3.05, 3.63) is 34.6 Å². The Kier molecular flexibility index (Phi) is 6.19. The molecule has 0 atom stereocenters. The Morgan fingerprint density at radius 2 is 1.86 bits per heavy atom. The van der Waals surface area contributed by atoms with Crippen LogP contribution in [0.15, 0.2) is 28.9 Å². The molecule has 22 heavy (non-hydrogen) atoms. The predicted molar refractivity (Wildman–Crippen MR) is 82.5 cm³/mol. The second-order valence-corrected chi connectivity index (χ2v) is 4.87. The van der Waals surface area contributed by atoms with Crippen LogP contribution in [0.5, 0.6) is 5.75 Å². The van der Waals surface area contributed by atoms with E-state index in [9.17, 15) is 18.3 Å². The molecule has 0 saturated heterocycles. The molecule has 6 radical (unpaired) electrons. The lowest BCUT2D eigenvalue weighted by Crippen LogP contribution is -2.09. The number of hydrogen-bond acceptors (Lipinski definition) is 3. The second-order valence-electron chi connectivity index (χ2n) is 4.01. The highest BCUT2D eigenvalue weighted by Gasteiger charge is 2.35. The van der Waals surface area contributed by atoms with Crippen LogP contribution in [0.25, 0.3) is 11.4 Å². The van der Waals surface area contributed by atoms with Gasteiger partial charge in [-0.25, -0.2) is 4.98 Å². The number of aromatic hydroxyl groups is 1. The standard InChI is InChI=1S/C11H6B2BrF3N2O.BH2N/c12-10(13)19-4-8(11(15,16)17)18-9(19)5-1-2-6(14)7(20)3-5;1-2/h1-4,10,20H;2H2. The van der Waals surface area contributed by atoms with E-state index in [4.69, 9.17) is 15.7 Å². The maximum atomic E-state index is 12.7. The van der Waals surface area contributed by atoms with E-state index in [1.54, 1.807) is 0 Å². The summed E-state index contributed by atoms with van der Waals surface area (Å²) in [6.07, 6.45) is -3.87. The normalized spacial score (nSPS) is 11.2. The van der Waals surface area contributed by atoms with Crippen LogP contribution in [0.1, 0.15) is 11.5 Å². The molecule has 0 amide bonds. The van der Waals surface area contributed by atoms with E-state index in [0.717, 1.165) is 10.8 Å². The molecule has 2 rings (SSSR count). The Bertz CT molecular complexity index is 649. The highest BCUT2D eigenvalue weighted by molar-refractivity contribution is 9.10. The SMILES string of the molecule is [B]C([B])n1cc(C(F)(F)F)nc1-c1ccc(Br)c(O)c1.[B]N. The van der Waals surface area contributed by atoms with E-state index in [0.29, 0.717) is 4.47 Å². The smallest absolute Gasteiger partial charge is 0.434 e. The van der Waals surface area contributed by atoms with Crippen LogP contribution in [0.3, 0.4) is 0 Å². The third kappa shape index (κ3) is 4.10. The number of nitrogens with zero attached hydrogens (tertiary/aromatic N) is 2. The lowest BCUT2D eigenvalue weighted by Gasteiger charge is -2.12. The first kappa shape index (κ1) is 18.7. The first-order valence-electron chi connectivity index (χ1n) is 5.69. The zero-order valence-electron chi connectivity index (χ0n) is 11.0. The monoisotopic (exact) mass is 367 g/mol. The van der Waals surface area contributed by atoms with E-state index >= 15 is 0 Å². The number of aromatic nitrogens is 2. The molecule has 0 fully saturated rings. The quantitative estimate of drug-likeness (QED) is 0.797. The van der Waals surface area contributed by atoms with Gasteiger partial charge in [0.25, 0.3) is 0 Å². The van der Waals surface area contributed by atoms with Gasteiger partial charge in [0.2, 0.25) is 0 Å². The molecule has 0 saturated carbocycles. The summed E-state index contributed by atoms with van der Waals surface area (Å²) in [7, 11) is 14.9. The molecular formula is C11H8B3BrF3N3O. The van der Waals surface area contributed by atoms with Crippen molar-refractivity contribution in [1.29, 1.82) is 0 Å². The summed E-state index contributed by atoms with van der Waals surface area (Å²) in [6.45, 7) is 0. The predicted octanol–water partition coefficient (Wildman–Crippen LogP) is 1.86. The van der Waals surface area contributed by atoms with E-state index in [-0.39, 0.29) is 17.1 Å². The minimum absolute atomic E-state index is 0.0740. The Balaban J connectivity index is 0.00000116. The van der Waals surface area contributed by atoms with E-state index in [1.807, 2.05) is 0 Å². The van der Waals surface area contributed by atoms with Gasteiger partial charge in [-0.05, 0) is 40.0 Å². The fourth-order valence-corrected chi connectivity index (χ4v) is 1.87. The van der Waals surface area contributed by atoms with Crippen molar-refractivity contribution >= 4 is 39.6 Å². The van der Waals surface area contributed by atoms with Gasteiger partial charge >= 0.3 is 6.18 Å². The van der Waals surface area contributed by atoms with Crippen LogP contribution < -0.4 is 5.64 Å². The van der Waals surface area contributed by atoms with Gasteiger partial charge in [0, 0.05) is 11.8 Å². The largest absolute Gasteiger partial charge is 0.507 e. The first-order valence-corrected chi connectivity index (χ1v) is 6.49. The minimum atomic E-state index is -4.60. The van der Waals surface area contributed by atoms with Crippen molar-refractivity contribution in [3.63, 3.8) is 0 Å². The molecule has 3 N–H and O–H groups in total. The fraction of sp³-hybridized carbons (Fsp3) is 0.182. The lowest BCUT2D eigenvalue weighted by molar-refractivity contribution is -0.140. The van der Waals surface area contributed by atoms with Crippen molar-refractivity contribution in [3.8, 4) is 17.1 Å². The number of halogens is 4. The molecule has 11 heteroatoms. The van der Waals surface area contributed by atoms with Gasteiger partial charge in [-0.2, -0.15) is 13.2 Å². The second kappa shape index (κ2) is 7.28. The number of rotatable bonds is 2. The van der Waals surface area contributed by atoms with Crippen LogP contribution >= 0.6 is 15.9 Å². The number of phenols is 1. The molecule has 110 valence electrons. The molecule has 4 nitrogen and oxygen atoms in total. The van der Waals surface area contributed by atoms with Crippen molar-refractivity contribution in [2.24, 2.45) is 5.64 Å². The molecule has 1 aromatic heterocycles. The lowest BCUT2D eigenvalue weighted by atomic mass is 9.78.